The number of aromatic nitrogens is 2. The van der Waals surface area contributed by atoms with E-state index in [1.165, 1.54) is 10.9 Å². The first-order valence-electron chi connectivity index (χ1n) is 7.10. The molecule has 1 aromatic carbocycles. The van der Waals surface area contributed by atoms with Crippen LogP contribution in [0.1, 0.15) is 29.8 Å². The summed E-state index contributed by atoms with van der Waals surface area (Å²) in [7, 11) is 1.94. The van der Waals surface area contributed by atoms with Crippen LogP contribution in [0.25, 0.3) is 10.1 Å². The number of aryl methyl sites for hydroxylation is 1. The number of benzene rings is 1. The van der Waals surface area contributed by atoms with Crippen molar-refractivity contribution in [1.82, 2.24) is 15.1 Å². The Morgan fingerprint density at radius 1 is 1.38 bits per heavy atom. The minimum absolute atomic E-state index is 0.0936. The van der Waals surface area contributed by atoms with E-state index in [2.05, 4.69) is 29.6 Å². The molecule has 5 heteroatoms. The number of thiophene rings is 1. The minimum atomic E-state index is -0.187. The van der Waals surface area contributed by atoms with Gasteiger partial charge < -0.3 is 5.32 Å². The highest BCUT2D eigenvalue weighted by molar-refractivity contribution is 7.19. The van der Waals surface area contributed by atoms with Crippen molar-refractivity contribution in [1.29, 1.82) is 0 Å². The van der Waals surface area contributed by atoms with Crippen molar-refractivity contribution in [3.63, 3.8) is 0 Å². The van der Waals surface area contributed by atoms with E-state index in [0.29, 0.717) is 0 Å². The monoisotopic (exact) mass is 303 g/mol. The first-order valence-corrected chi connectivity index (χ1v) is 7.91. The van der Waals surface area contributed by atoms with Crippen molar-refractivity contribution >= 4 is 21.4 Å². The topological polar surface area (TPSA) is 29.9 Å². The largest absolute Gasteiger partial charge is 0.309 e. The summed E-state index contributed by atoms with van der Waals surface area (Å²) in [5.41, 5.74) is 1.14. The zero-order valence-corrected chi connectivity index (χ0v) is 13.0. The summed E-state index contributed by atoms with van der Waals surface area (Å²) in [5.74, 6) is -0.187. The molecule has 0 bridgehead atoms. The van der Waals surface area contributed by atoms with Crippen LogP contribution in [0.4, 0.5) is 4.39 Å². The summed E-state index contributed by atoms with van der Waals surface area (Å²) in [6.07, 6.45) is 5.05. The third-order valence-corrected chi connectivity index (χ3v) is 4.68. The smallest absolute Gasteiger partial charge is 0.124 e. The molecule has 1 unspecified atom stereocenters. The molecule has 3 aromatic rings. The summed E-state index contributed by atoms with van der Waals surface area (Å²) in [6, 6.07) is 7.15. The van der Waals surface area contributed by atoms with Crippen LogP contribution in [-0.4, -0.2) is 16.8 Å². The quantitative estimate of drug-likeness (QED) is 0.773. The molecule has 0 aliphatic carbocycles. The average Bonchev–Trinajstić information content (AvgIpc) is 3.07. The zero-order chi connectivity index (χ0) is 14.8. The van der Waals surface area contributed by atoms with Gasteiger partial charge in [0.25, 0.3) is 0 Å². The van der Waals surface area contributed by atoms with Gasteiger partial charge in [0.1, 0.15) is 5.82 Å². The molecule has 0 saturated heterocycles. The van der Waals surface area contributed by atoms with Gasteiger partial charge in [-0.2, -0.15) is 5.10 Å². The highest BCUT2D eigenvalue weighted by Crippen LogP contribution is 2.33. The van der Waals surface area contributed by atoms with E-state index in [0.717, 1.165) is 28.6 Å². The van der Waals surface area contributed by atoms with E-state index in [1.54, 1.807) is 17.4 Å². The van der Waals surface area contributed by atoms with Gasteiger partial charge in [-0.25, -0.2) is 4.39 Å². The summed E-state index contributed by atoms with van der Waals surface area (Å²) < 4.78 is 16.3. The Morgan fingerprint density at radius 2 is 2.24 bits per heavy atom. The molecule has 3 rings (SSSR count). The second kappa shape index (κ2) is 5.95. The van der Waals surface area contributed by atoms with Crippen molar-refractivity contribution in [2.24, 2.45) is 0 Å². The van der Waals surface area contributed by atoms with Gasteiger partial charge in [-0.1, -0.05) is 13.0 Å². The number of halogens is 1. The standard InChI is InChI=1S/C16H18FN3S/c1-3-6-20-10-12(9-19-20)16(18-2)15-7-11-4-5-13(17)8-14(11)21-15/h4-5,7-10,16,18H,3,6H2,1-2H3. The van der Waals surface area contributed by atoms with Crippen molar-refractivity contribution in [2.75, 3.05) is 7.05 Å². The first-order chi connectivity index (χ1) is 10.2. The fourth-order valence-corrected chi connectivity index (χ4v) is 3.75. The van der Waals surface area contributed by atoms with E-state index in [9.17, 15) is 4.39 Å². The van der Waals surface area contributed by atoms with Crippen LogP contribution in [0, 0.1) is 5.82 Å². The number of nitrogens with zero attached hydrogens (tertiary/aromatic N) is 2. The molecule has 3 nitrogen and oxygen atoms in total. The first kappa shape index (κ1) is 14.2. The lowest BCUT2D eigenvalue weighted by atomic mass is 10.1. The Labute approximate surface area is 127 Å². The molecule has 0 amide bonds. The Bertz CT molecular complexity index is 747. The maximum atomic E-state index is 13.3. The maximum Gasteiger partial charge on any atom is 0.124 e. The van der Waals surface area contributed by atoms with Crippen LogP contribution in [-0.2, 0) is 6.54 Å². The lowest BCUT2D eigenvalue weighted by Gasteiger charge is -2.11. The average molecular weight is 303 g/mol. The third kappa shape index (κ3) is 2.84. The predicted octanol–water partition coefficient (Wildman–Crippen LogP) is 3.96. The fraction of sp³-hybridized carbons (Fsp3) is 0.312. The Balaban J connectivity index is 1.96. The molecular weight excluding hydrogens is 285 g/mol. The number of fused-ring (bicyclic) bond motifs is 1. The number of rotatable bonds is 5. The lowest BCUT2D eigenvalue weighted by molar-refractivity contribution is 0.600. The zero-order valence-electron chi connectivity index (χ0n) is 12.1. The lowest BCUT2D eigenvalue weighted by Crippen LogP contribution is -2.15. The van der Waals surface area contributed by atoms with Crippen LogP contribution in [0.3, 0.4) is 0 Å². The Hall–Kier alpha value is -1.72. The predicted molar refractivity (Wildman–Crippen MR) is 85.2 cm³/mol. The van der Waals surface area contributed by atoms with E-state index >= 15 is 0 Å². The molecule has 0 fully saturated rings. The van der Waals surface area contributed by atoms with Crippen molar-refractivity contribution in [3.8, 4) is 0 Å². The normalized spacial score (nSPS) is 12.9. The highest BCUT2D eigenvalue weighted by atomic mass is 32.1. The SMILES string of the molecule is CCCn1cc(C(NC)c2cc3ccc(F)cc3s2)cn1. The van der Waals surface area contributed by atoms with Crippen molar-refractivity contribution in [3.05, 3.63) is 52.9 Å². The highest BCUT2D eigenvalue weighted by Gasteiger charge is 2.17. The Morgan fingerprint density at radius 3 is 3.00 bits per heavy atom. The molecule has 0 spiro atoms. The summed E-state index contributed by atoms with van der Waals surface area (Å²) >= 11 is 1.62. The van der Waals surface area contributed by atoms with Crippen LogP contribution >= 0.6 is 11.3 Å². The number of nitrogens with one attached hydrogen (secondary N) is 1. The van der Waals surface area contributed by atoms with E-state index < -0.39 is 0 Å². The summed E-state index contributed by atoms with van der Waals surface area (Å²) in [6.45, 7) is 3.06. The summed E-state index contributed by atoms with van der Waals surface area (Å²) in [4.78, 5) is 1.18. The van der Waals surface area contributed by atoms with Gasteiger partial charge in [-0.05, 0) is 37.1 Å². The van der Waals surface area contributed by atoms with Crippen LogP contribution in [0.15, 0.2) is 36.7 Å². The molecule has 1 atom stereocenters. The van der Waals surface area contributed by atoms with Crippen LogP contribution < -0.4 is 5.32 Å². The molecule has 0 saturated carbocycles. The molecule has 0 aliphatic heterocycles. The molecule has 2 heterocycles. The van der Waals surface area contributed by atoms with Gasteiger partial charge in [0, 0.05) is 27.9 Å². The van der Waals surface area contributed by atoms with Gasteiger partial charge in [0.05, 0.1) is 12.2 Å². The van der Waals surface area contributed by atoms with Gasteiger partial charge in [0.2, 0.25) is 0 Å². The molecule has 1 N–H and O–H groups in total. The van der Waals surface area contributed by atoms with Crippen molar-refractivity contribution < 1.29 is 4.39 Å². The summed E-state index contributed by atoms with van der Waals surface area (Å²) in [5, 5.41) is 8.80. The third-order valence-electron chi connectivity index (χ3n) is 3.51. The van der Waals surface area contributed by atoms with Crippen LogP contribution in [0.5, 0.6) is 0 Å². The van der Waals surface area contributed by atoms with Gasteiger partial charge in [0.15, 0.2) is 0 Å². The van der Waals surface area contributed by atoms with Gasteiger partial charge in [-0.15, -0.1) is 11.3 Å². The molecular formula is C16H18FN3S. The van der Waals surface area contributed by atoms with E-state index in [4.69, 9.17) is 0 Å². The molecule has 0 aliphatic rings. The number of hydrogen-bond donors (Lipinski definition) is 1. The Kier molecular flexibility index (Phi) is 4.03. The molecule has 110 valence electrons. The molecule has 21 heavy (non-hydrogen) atoms. The molecule has 2 aromatic heterocycles. The van der Waals surface area contributed by atoms with Gasteiger partial charge in [-0.3, -0.25) is 4.68 Å². The molecule has 0 radical (unpaired) electrons. The van der Waals surface area contributed by atoms with Crippen molar-refractivity contribution in [2.45, 2.75) is 25.9 Å². The minimum Gasteiger partial charge on any atom is -0.309 e. The second-order valence-corrected chi connectivity index (χ2v) is 6.20. The fourth-order valence-electron chi connectivity index (χ4n) is 2.52. The number of hydrogen-bond acceptors (Lipinski definition) is 3. The maximum absolute atomic E-state index is 13.3. The van der Waals surface area contributed by atoms with Gasteiger partial charge >= 0.3 is 0 Å². The van der Waals surface area contributed by atoms with E-state index in [-0.39, 0.29) is 11.9 Å². The second-order valence-electron chi connectivity index (χ2n) is 5.09. The van der Waals surface area contributed by atoms with Crippen LogP contribution in [0.2, 0.25) is 0 Å². The van der Waals surface area contributed by atoms with E-state index in [1.807, 2.05) is 24.0 Å².